The van der Waals surface area contributed by atoms with Crippen LogP contribution in [0.1, 0.15) is 201 Å². The van der Waals surface area contributed by atoms with E-state index in [9.17, 15) is 14.2 Å². The van der Waals surface area contributed by atoms with Gasteiger partial charge in [-0.15, -0.1) is 0 Å². The second-order valence-electron chi connectivity index (χ2n) is 16.6. The van der Waals surface area contributed by atoms with Crippen molar-refractivity contribution in [3.8, 4) is 0 Å². The number of rotatable bonds is 41. The van der Waals surface area contributed by atoms with Crippen LogP contribution in [0.5, 0.6) is 0 Å². The molecule has 9 nitrogen and oxygen atoms in total. The summed E-state index contributed by atoms with van der Waals surface area (Å²) in [6, 6.07) is 0. The van der Waals surface area contributed by atoms with E-state index in [1.54, 1.807) is 0 Å². The van der Waals surface area contributed by atoms with Gasteiger partial charge >= 0.3 is 19.8 Å². The lowest BCUT2D eigenvalue weighted by atomic mass is 10.0. The van der Waals surface area contributed by atoms with Crippen molar-refractivity contribution in [3.05, 3.63) is 60.8 Å². The van der Waals surface area contributed by atoms with Gasteiger partial charge in [0.2, 0.25) is 0 Å². The Morgan fingerprint density at radius 1 is 0.576 bits per heavy atom. The predicted octanol–water partition coefficient (Wildman–Crippen LogP) is 13.7. The number of hydrogen-bond acceptors (Lipinski definition) is 7. The van der Waals surface area contributed by atoms with E-state index in [0.29, 0.717) is 25.0 Å². The Bertz CT molecular complexity index is 1220. The smallest absolute Gasteiger partial charge is 0.462 e. The van der Waals surface area contributed by atoms with E-state index in [0.717, 1.165) is 63.7 Å². The molecular formula is C49H85O9P. The molecule has 340 valence electrons. The van der Waals surface area contributed by atoms with Gasteiger partial charge in [-0.1, -0.05) is 197 Å². The molecule has 3 atom stereocenters. The first-order valence-electron chi connectivity index (χ1n) is 23.6. The summed E-state index contributed by atoms with van der Waals surface area (Å²) in [5.74, 6) is -0.139. The third kappa shape index (κ3) is 39.6. The Morgan fingerprint density at radius 3 is 1.49 bits per heavy atom. The van der Waals surface area contributed by atoms with Crippen LogP contribution < -0.4 is 0 Å². The van der Waals surface area contributed by atoms with Gasteiger partial charge in [0.15, 0.2) is 6.10 Å². The van der Waals surface area contributed by atoms with E-state index in [2.05, 4.69) is 73.9 Å². The molecule has 0 aromatic heterocycles. The van der Waals surface area contributed by atoms with Crippen LogP contribution in [0.15, 0.2) is 60.8 Å². The molecule has 0 aromatic carbocycles. The summed E-state index contributed by atoms with van der Waals surface area (Å²) >= 11 is 0. The molecule has 59 heavy (non-hydrogen) atoms. The highest BCUT2D eigenvalue weighted by Crippen LogP contribution is 2.36. The second kappa shape index (κ2) is 38.6. The molecule has 0 saturated carbocycles. The second-order valence-corrected chi connectivity index (χ2v) is 17.8. The van der Waals surface area contributed by atoms with Crippen molar-refractivity contribution in [1.82, 2.24) is 0 Å². The summed E-state index contributed by atoms with van der Waals surface area (Å²) in [4.78, 5) is 43.0. The molecule has 1 fully saturated rings. The zero-order chi connectivity index (χ0) is 43.1. The van der Waals surface area contributed by atoms with E-state index < -0.39 is 32.5 Å². The first kappa shape index (κ1) is 54.7. The van der Waals surface area contributed by atoms with Crippen molar-refractivity contribution >= 4 is 19.8 Å². The molecule has 1 heterocycles. The van der Waals surface area contributed by atoms with Crippen LogP contribution in [0.4, 0.5) is 0 Å². The number of carbonyl (C=O) groups excluding carboxylic acids is 2. The van der Waals surface area contributed by atoms with E-state index >= 15 is 0 Å². The van der Waals surface area contributed by atoms with Gasteiger partial charge in [0.1, 0.15) is 6.61 Å². The summed E-state index contributed by atoms with van der Waals surface area (Å²) in [5.41, 5.74) is 0. The number of phosphoric acid groups is 1. The van der Waals surface area contributed by atoms with Crippen LogP contribution in [0, 0.1) is 5.92 Å². The lowest BCUT2D eigenvalue weighted by Crippen LogP contribution is -2.29. The van der Waals surface area contributed by atoms with Crippen LogP contribution in [0.3, 0.4) is 0 Å². The molecule has 0 spiro atoms. The minimum atomic E-state index is -4.78. The van der Waals surface area contributed by atoms with Gasteiger partial charge in [-0.25, -0.2) is 4.57 Å². The van der Waals surface area contributed by atoms with Gasteiger partial charge in [0, 0.05) is 12.8 Å². The first-order valence-corrected chi connectivity index (χ1v) is 25.1. The fraction of sp³-hybridized carbons (Fsp3) is 0.755. The molecule has 1 saturated heterocycles. The van der Waals surface area contributed by atoms with Crippen molar-refractivity contribution in [2.75, 3.05) is 13.2 Å². The van der Waals surface area contributed by atoms with E-state index in [1.165, 1.54) is 96.3 Å². The largest absolute Gasteiger partial charge is 0.469 e. The average molecular weight is 849 g/mol. The number of hydrogen-bond donors (Lipinski definition) is 2. The average Bonchev–Trinajstić information content (AvgIpc) is 3.95. The fourth-order valence-electron chi connectivity index (χ4n) is 6.80. The predicted molar refractivity (Wildman–Crippen MR) is 243 cm³/mol. The van der Waals surface area contributed by atoms with Crippen LogP contribution in [-0.4, -0.2) is 53.3 Å². The molecule has 0 aliphatic carbocycles. The Balaban J connectivity index is 2.05. The molecule has 1 aliphatic heterocycles. The third-order valence-corrected chi connectivity index (χ3v) is 10.9. The van der Waals surface area contributed by atoms with Gasteiger partial charge in [-0.05, 0) is 57.3 Å². The van der Waals surface area contributed by atoms with Crippen molar-refractivity contribution in [3.63, 3.8) is 0 Å². The zero-order valence-corrected chi connectivity index (χ0v) is 38.4. The number of ether oxygens (including phenoxy) is 3. The lowest BCUT2D eigenvalue weighted by molar-refractivity contribution is -0.161. The van der Waals surface area contributed by atoms with Gasteiger partial charge in [-0.2, -0.15) is 0 Å². The molecule has 0 amide bonds. The highest BCUT2D eigenvalue weighted by molar-refractivity contribution is 7.46. The number of carbonyl (C=O) groups is 2. The van der Waals surface area contributed by atoms with Gasteiger partial charge in [0.05, 0.1) is 18.8 Å². The summed E-state index contributed by atoms with van der Waals surface area (Å²) in [7, 11) is -4.78. The number of epoxide rings is 1. The molecule has 1 rings (SSSR count). The molecule has 0 bridgehead atoms. The van der Waals surface area contributed by atoms with Crippen molar-refractivity contribution < 1.29 is 42.7 Å². The summed E-state index contributed by atoms with van der Waals surface area (Å²) in [5, 5.41) is 0. The highest BCUT2D eigenvalue weighted by atomic mass is 31.2. The van der Waals surface area contributed by atoms with Crippen molar-refractivity contribution in [2.24, 2.45) is 5.92 Å². The highest BCUT2D eigenvalue weighted by Gasteiger charge is 2.36. The van der Waals surface area contributed by atoms with Crippen molar-refractivity contribution in [1.29, 1.82) is 0 Å². The first-order chi connectivity index (χ1) is 28.6. The molecule has 2 unspecified atom stereocenters. The molecular weight excluding hydrogens is 764 g/mol. The maximum Gasteiger partial charge on any atom is 0.469 e. The molecule has 0 aromatic rings. The molecule has 1 aliphatic rings. The minimum absolute atomic E-state index is 0.138. The Kier molecular flexibility index (Phi) is 35.8. The van der Waals surface area contributed by atoms with Crippen molar-refractivity contribution in [2.45, 2.75) is 219 Å². The standard InChI is InChI=1S/C49H85O9P/c1-4-5-32-38-46-47(58-46)39-34-29-25-21-17-14-15-18-22-26-30-35-40-48(50)55-42-45(43-56-59(52,53)54)57-49(51)41-36-31-27-23-19-13-11-9-7-6-8-10-12-16-20-24-28-33-37-44(2)3/h5,15,17-18,21,26,29-30,32,34,44-47H,4,6-14,16,19-20,22-25,27-28,31,33,35-43H2,1-3H3,(H2,52,53,54)/b18-15-,21-17-,30-26-,32-5-,34-29-/t45-,46?,47?/m1/s1. The summed E-state index contributed by atoms with van der Waals surface area (Å²) in [6.45, 7) is 5.88. The number of esters is 2. The number of allylic oxidation sites excluding steroid dienone is 8. The molecule has 2 N–H and O–H groups in total. The number of unbranched alkanes of at least 4 members (excludes halogenated alkanes) is 17. The SMILES string of the molecule is CC/C=C\CC1OC1C/C=C\C/C=C\C/C=C\C/C=C\CCC(=O)OC[C@H](COP(=O)(O)O)OC(=O)CCCCCCCCCCCCCCCCCCCCC(C)C. The quantitative estimate of drug-likeness (QED) is 0.0203. The summed E-state index contributed by atoms with van der Waals surface area (Å²) in [6.07, 6.45) is 51.5. The van der Waals surface area contributed by atoms with Crippen LogP contribution in [-0.2, 0) is 32.9 Å². The summed E-state index contributed by atoms with van der Waals surface area (Å²) < 4.78 is 32.1. The Hall–Kier alpha value is -2.29. The maximum atomic E-state index is 12.5. The van der Waals surface area contributed by atoms with E-state index in [4.69, 9.17) is 24.0 Å². The molecule has 10 heteroatoms. The Labute approximate surface area is 360 Å². The fourth-order valence-corrected chi connectivity index (χ4v) is 7.16. The van der Waals surface area contributed by atoms with Gasteiger partial charge in [-0.3, -0.25) is 14.1 Å². The van der Waals surface area contributed by atoms with Crippen LogP contribution in [0.2, 0.25) is 0 Å². The third-order valence-electron chi connectivity index (χ3n) is 10.4. The van der Waals surface area contributed by atoms with Gasteiger partial charge in [0.25, 0.3) is 0 Å². The van der Waals surface area contributed by atoms with E-state index in [1.807, 2.05) is 12.2 Å². The molecule has 0 radical (unpaired) electrons. The van der Waals surface area contributed by atoms with Crippen LogP contribution in [0.25, 0.3) is 0 Å². The lowest BCUT2D eigenvalue weighted by Gasteiger charge is -2.18. The Morgan fingerprint density at radius 2 is 1.02 bits per heavy atom. The van der Waals surface area contributed by atoms with Crippen LogP contribution >= 0.6 is 7.82 Å². The maximum absolute atomic E-state index is 12.5. The van der Waals surface area contributed by atoms with Gasteiger partial charge < -0.3 is 24.0 Å². The number of phosphoric ester groups is 1. The monoisotopic (exact) mass is 849 g/mol. The zero-order valence-electron chi connectivity index (χ0n) is 37.5. The topological polar surface area (TPSA) is 132 Å². The van der Waals surface area contributed by atoms with E-state index in [-0.39, 0.29) is 19.4 Å². The minimum Gasteiger partial charge on any atom is -0.462 e. The normalized spacial score (nSPS) is 16.5.